The lowest BCUT2D eigenvalue weighted by Gasteiger charge is -2.21. The molecule has 160 valence electrons. The van der Waals surface area contributed by atoms with Gasteiger partial charge in [-0.05, 0) is 43.2 Å². The van der Waals surface area contributed by atoms with Gasteiger partial charge in [-0.2, -0.15) is 0 Å². The van der Waals surface area contributed by atoms with Gasteiger partial charge in [-0.1, -0.05) is 12.1 Å². The maximum Gasteiger partial charge on any atom is 0.262 e. The zero-order valence-corrected chi connectivity index (χ0v) is 17.8. The summed E-state index contributed by atoms with van der Waals surface area (Å²) in [6, 6.07) is 10.2. The molecule has 0 saturated carbocycles. The van der Waals surface area contributed by atoms with Crippen LogP contribution >= 0.6 is 0 Å². The van der Waals surface area contributed by atoms with Gasteiger partial charge in [-0.3, -0.25) is 9.59 Å². The summed E-state index contributed by atoms with van der Waals surface area (Å²) in [6.45, 7) is 3.25. The molecule has 2 aromatic carbocycles. The summed E-state index contributed by atoms with van der Waals surface area (Å²) in [5.41, 5.74) is 1.76. The van der Waals surface area contributed by atoms with E-state index in [1.807, 2.05) is 12.1 Å². The molecule has 0 aliphatic carbocycles. The Morgan fingerprint density at radius 3 is 2.80 bits per heavy atom. The molecule has 30 heavy (non-hydrogen) atoms. The molecule has 2 N–H and O–H groups in total. The van der Waals surface area contributed by atoms with Crippen molar-refractivity contribution in [1.82, 2.24) is 5.32 Å². The van der Waals surface area contributed by atoms with Crippen LogP contribution in [0.3, 0.4) is 0 Å². The van der Waals surface area contributed by atoms with Gasteiger partial charge < -0.3 is 20.1 Å². The minimum atomic E-state index is -3.78. The van der Waals surface area contributed by atoms with E-state index in [1.165, 1.54) is 13.0 Å². The number of carbonyl (C=O) groups is 2. The summed E-state index contributed by atoms with van der Waals surface area (Å²) >= 11 is 0. The zero-order chi connectivity index (χ0) is 21.9. The van der Waals surface area contributed by atoms with Crippen molar-refractivity contribution in [3.63, 3.8) is 0 Å². The van der Waals surface area contributed by atoms with Crippen LogP contribution in [0, 0.1) is 6.92 Å². The largest absolute Gasteiger partial charge is 0.497 e. The fraction of sp³-hybridized carbons (Fsp3) is 0.333. The second-order valence-corrected chi connectivity index (χ2v) is 9.47. The molecule has 1 atom stereocenters. The molecule has 0 radical (unpaired) electrons. The molecule has 3 rings (SSSR count). The first-order valence-corrected chi connectivity index (χ1v) is 11.0. The summed E-state index contributed by atoms with van der Waals surface area (Å²) < 4.78 is 36.6. The van der Waals surface area contributed by atoms with E-state index in [4.69, 9.17) is 9.47 Å². The predicted octanol–water partition coefficient (Wildman–Crippen LogP) is 2.20. The third-order valence-electron chi connectivity index (χ3n) is 4.84. The van der Waals surface area contributed by atoms with Gasteiger partial charge in [0.05, 0.1) is 22.9 Å². The second kappa shape index (κ2) is 8.74. The average molecular weight is 432 g/mol. The van der Waals surface area contributed by atoms with Crippen molar-refractivity contribution in [3.05, 3.63) is 47.5 Å². The number of hydrogen-bond acceptors (Lipinski definition) is 6. The van der Waals surface area contributed by atoms with Crippen molar-refractivity contribution >= 4 is 27.3 Å². The molecule has 1 aliphatic heterocycles. The van der Waals surface area contributed by atoms with Crippen molar-refractivity contribution < 1.29 is 27.5 Å². The number of carbonyl (C=O) groups excluding carboxylic acids is 2. The molecule has 8 nitrogen and oxygen atoms in total. The molecule has 1 aliphatic rings. The summed E-state index contributed by atoms with van der Waals surface area (Å²) in [5, 5.41) is 4.46. The Morgan fingerprint density at radius 1 is 1.30 bits per heavy atom. The Morgan fingerprint density at radius 2 is 2.07 bits per heavy atom. The monoisotopic (exact) mass is 432 g/mol. The Labute approximate surface area is 175 Å². The Balaban J connectivity index is 1.69. The maximum atomic E-state index is 13.1. The number of hydrogen-bond donors (Lipinski definition) is 2. The van der Waals surface area contributed by atoms with Crippen molar-refractivity contribution in [3.8, 4) is 11.5 Å². The van der Waals surface area contributed by atoms with E-state index in [0.29, 0.717) is 22.7 Å². The van der Waals surface area contributed by atoms with Crippen LogP contribution in [0.1, 0.15) is 24.5 Å². The number of fused-ring (bicyclic) bond motifs is 1. The fourth-order valence-electron chi connectivity index (χ4n) is 3.17. The highest BCUT2D eigenvalue weighted by Gasteiger charge is 2.29. The van der Waals surface area contributed by atoms with Crippen molar-refractivity contribution in [2.75, 3.05) is 19.0 Å². The molecule has 0 bridgehead atoms. The number of benzene rings is 2. The Kier molecular flexibility index (Phi) is 6.31. The van der Waals surface area contributed by atoms with Crippen molar-refractivity contribution in [1.29, 1.82) is 0 Å². The quantitative estimate of drug-likeness (QED) is 0.694. The summed E-state index contributed by atoms with van der Waals surface area (Å²) in [6.07, 6.45) is -0.180. The van der Waals surface area contributed by atoms with Gasteiger partial charge in [0.25, 0.3) is 5.91 Å². The highest BCUT2D eigenvalue weighted by atomic mass is 32.2. The maximum absolute atomic E-state index is 13.1. The first-order chi connectivity index (χ1) is 14.2. The standard InChI is InChI=1S/C21H24N2O6S/c1-13-7-17-18(29-12-21(25)23-17)10-19(13)30(26,27)14(2)8-20(24)22-11-15-5-4-6-16(9-15)28-3/h4-7,9-10,14H,8,11-12H2,1-3H3,(H,22,24)(H,23,25). The number of nitrogens with one attached hydrogen (secondary N) is 2. The van der Waals surface area contributed by atoms with Crippen LogP contribution in [0.15, 0.2) is 41.3 Å². The number of ether oxygens (including phenoxy) is 2. The SMILES string of the molecule is COc1cccc(CNC(=O)CC(C)S(=O)(=O)c2cc3c(cc2C)NC(=O)CO3)c1. The minimum absolute atomic E-state index is 0.0884. The number of aryl methyl sites for hydroxylation is 1. The van der Waals surface area contributed by atoms with E-state index < -0.39 is 15.1 Å². The van der Waals surface area contributed by atoms with E-state index in [1.54, 1.807) is 32.2 Å². The van der Waals surface area contributed by atoms with Gasteiger partial charge in [0.15, 0.2) is 16.4 Å². The number of methoxy groups -OCH3 is 1. The summed E-state index contributed by atoms with van der Waals surface area (Å²) in [7, 11) is -2.22. The molecular weight excluding hydrogens is 408 g/mol. The molecular formula is C21H24N2O6S. The second-order valence-electron chi connectivity index (χ2n) is 7.14. The molecule has 2 aromatic rings. The van der Waals surface area contributed by atoms with Crippen molar-refractivity contribution in [2.45, 2.75) is 37.0 Å². The van der Waals surface area contributed by atoms with Gasteiger partial charge in [-0.25, -0.2) is 8.42 Å². The first-order valence-electron chi connectivity index (χ1n) is 9.41. The van der Waals surface area contributed by atoms with Gasteiger partial charge in [0, 0.05) is 19.0 Å². The normalized spacial score (nSPS) is 14.2. The fourth-order valence-corrected chi connectivity index (χ4v) is 4.75. The minimum Gasteiger partial charge on any atom is -0.497 e. The number of anilines is 1. The van der Waals surface area contributed by atoms with Crippen LogP contribution in [0.25, 0.3) is 0 Å². The zero-order valence-electron chi connectivity index (χ0n) is 17.0. The summed E-state index contributed by atoms with van der Waals surface area (Å²) in [4.78, 5) is 23.9. The smallest absolute Gasteiger partial charge is 0.262 e. The number of rotatable bonds is 7. The lowest BCUT2D eigenvalue weighted by Crippen LogP contribution is -2.30. The lowest BCUT2D eigenvalue weighted by atomic mass is 10.2. The lowest BCUT2D eigenvalue weighted by molar-refractivity contribution is -0.121. The van der Waals surface area contributed by atoms with Crippen LogP contribution in [0.5, 0.6) is 11.5 Å². The van der Waals surface area contributed by atoms with E-state index in [9.17, 15) is 18.0 Å². The topological polar surface area (TPSA) is 111 Å². The Bertz CT molecular complexity index is 1080. The number of amides is 2. The van der Waals surface area contributed by atoms with Gasteiger partial charge in [0.1, 0.15) is 11.5 Å². The van der Waals surface area contributed by atoms with E-state index in [2.05, 4.69) is 10.6 Å². The number of sulfone groups is 1. The third kappa shape index (κ3) is 4.73. The summed E-state index contributed by atoms with van der Waals surface area (Å²) in [5.74, 6) is 0.319. The molecule has 2 amide bonds. The highest BCUT2D eigenvalue weighted by molar-refractivity contribution is 7.92. The van der Waals surface area contributed by atoms with Gasteiger partial charge >= 0.3 is 0 Å². The Hall–Kier alpha value is -3.07. The van der Waals surface area contributed by atoms with Gasteiger partial charge in [0.2, 0.25) is 5.91 Å². The van der Waals surface area contributed by atoms with Crippen LogP contribution in [0.2, 0.25) is 0 Å². The highest BCUT2D eigenvalue weighted by Crippen LogP contribution is 2.34. The molecule has 0 spiro atoms. The molecule has 0 saturated heterocycles. The van der Waals surface area contributed by atoms with Gasteiger partial charge in [-0.15, -0.1) is 0 Å². The van der Waals surface area contributed by atoms with Crippen molar-refractivity contribution in [2.24, 2.45) is 0 Å². The molecule has 0 fully saturated rings. The van der Waals surface area contributed by atoms with E-state index in [0.717, 1.165) is 5.56 Å². The van der Waals surface area contributed by atoms with Crippen LogP contribution < -0.4 is 20.1 Å². The predicted molar refractivity (Wildman–Crippen MR) is 111 cm³/mol. The first kappa shape index (κ1) is 21.6. The van der Waals surface area contributed by atoms with Crippen LogP contribution in [-0.4, -0.2) is 39.2 Å². The molecule has 9 heteroatoms. The van der Waals surface area contributed by atoms with Crippen LogP contribution in [-0.2, 0) is 26.0 Å². The molecule has 1 unspecified atom stereocenters. The average Bonchev–Trinajstić information content (AvgIpc) is 2.71. The van der Waals surface area contributed by atoms with E-state index in [-0.39, 0.29) is 36.3 Å². The molecule has 0 aromatic heterocycles. The third-order valence-corrected chi connectivity index (χ3v) is 7.12. The van der Waals surface area contributed by atoms with E-state index >= 15 is 0 Å². The van der Waals surface area contributed by atoms with Crippen LogP contribution in [0.4, 0.5) is 5.69 Å². The molecule has 1 heterocycles.